The molecule has 0 saturated carbocycles. The van der Waals surface area contributed by atoms with Crippen LogP contribution in [0.15, 0.2) is 36.4 Å². The van der Waals surface area contributed by atoms with Gasteiger partial charge in [0.1, 0.15) is 0 Å². The number of hydrogen-bond acceptors (Lipinski definition) is 4. The fourth-order valence-electron chi connectivity index (χ4n) is 3.98. The van der Waals surface area contributed by atoms with Crippen molar-refractivity contribution in [2.45, 2.75) is 52.4 Å². The van der Waals surface area contributed by atoms with Gasteiger partial charge in [-0.05, 0) is 48.9 Å². The summed E-state index contributed by atoms with van der Waals surface area (Å²) in [6, 6.07) is 8.54. The molecule has 2 aromatic rings. The average Bonchev–Trinajstić information content (AvgIpc) is 2.78. The number of aliphatic carboxylic acids is 2. The quantitative estimate of drug-likeness (QED) is 0.255. The molecule has 34 heavy (non-hydrogen) atoms. The zero-order valence-electron chi connectivity index (χ0n) is 19.1. The van der Waals surface area contributed by atoms with Crippen molar-refractivity contribution in [3.63, 3.8) is 0 Å². The minimum absolute atomic E-state index is 0.213. The third-order valence-corrected chi connectivity index (χ3v) is 5.54. The lowest BCUT2D eigenvalue weighted by atomic mass is 9.83. The van der Waals surface area contributed by atoms with Gasteiger partial charge in [0.2, 0.25) is 0 Å². The van der Waals surface area contributed by atoms with Crippen molar-refractivity contribution in [1.82, 2.24) is 0 Å². The Balaban J connectivity index is 3.11. The molecular weight excluding hydrogens is 440 g/mol. The summed E-state index contributed by atoms with van der Waals surface area (Å²) in [6.45, 7) is 3.83. The Hall–Kier alpha value is -3.94. The first kappa shape index (κ1) is 26.3. The molecule has 0 saturated heterocycles. The van der Waals surface area contributed by atoms with Crippen LogP contribution >= 0.6 is 0 Å². The van der Waals surface area contributed by atoms with E-state index in [1.54, 1.807) is 12.1 Å². The van der Waals surface area contributed by atoms with Gasteiger partial charge in [-0.3, -0.25) is 0 Å². The van der Waals surface area contributed by atoms with E-state index in [4.69, 9.17) is 0 Å². The molecule has 0 aliphatic carbocycles. The topological polar surface area (TPSA) is 149 Å². The van der Waals surface area contributed by atoms with Gasteiger partial charge < -0.3 is 20.4 Å². The summed E-state index contributed by atoms with van der Waals surface area (Å²) < 4.78 is 0. The third-order valence-electron chi connectivity index (χ3n) is 5.54. The van der Waals surface area contributed by atoms with Gasteiger partial charge in [0.25, 0.3) is 0 Å². The number of benzene rings is 2. The smallest absolute Gasteiger partial charge is 0.337 e. The largest absolute Gasteiger partial charge is 0.478 e. The number of aromatic carboxylic acids is 2. The minimum atomic E-state index is -1.65. The van der Waals surface area contributed by atoms with Crippen molar-refractivity contribution in [1.29, 1.82) is 0 Å². The maximum absolute atomic E-state index is 12.6. The van der Waals surface area contributed by atoms with E-state index in [0.717, 1.165) is 12.8 Å². The van der Waals surface area contributed by atoms with Crippen LogP contribution in [-0.2, 0) is 22.4 Å². The monoisotopic (exact) mass is 468 g/mol. The second kappa shape index (κ2) is 11.8. The molecule has 0 spiro atoms. The van der Waals surface area contributed by atoms with E-state index < -0.39 is 35.0 Å². The van der Waals surface area contributed by atoms with Crippen LogP contribution in [-0.4, -0.2) is 44.3 Å². The van der Waals surface area contributed by atoms with Crippen molar-refractivity contribution in [2.24, 2.45) is 0 Å². The van der Waals surface area contributed by atoms with Crippen LogP contribution in [0.5, 0.6) is 0 Å². The molecule has 0 aromatic heterocycles. The van der Waals surface area contributed by atoms with Crippen LogP contribution < -0.4 is 0 Å². The SMILES string of the molecule is CCCCc1cccc(C(=O)O)c1C(C(=O)O)=C(C(=O)O)c1c(CCCC)cccc1C(=O)O. The van der Waals surface area contributed by atoms with Gasteiger partial charge in [-0.1, -0.05) is 51.0 Å². The average molecular weight is 469 g/mol. The summed E-state index contributed by atoms with van der Waals surface area (Å²) in [4.78, 5) is 49.2. The number of hydrogen-bond donors (Lipinski definition) is 4. The summed E-state index contributed by atoms with van der Waals surface area (Å²) in [5.74, 6) is -6.11. The molecule has 0 aliphatic heterocycles. The van der Waals surface area contributed by atoms with E-state index in [1.165, 1.54) is 24.3 Å². The molecule has 8 nitrogen and oxygen atoms in total. The molecule has 4 N–H and O–H groups in total. The lowest BCUT2D eigenvalue weighted by molar-refractivity contribution is -0.132. The Morgan fingerprint density at radius 2 is 0.971 bits per heavy atom. The molecule has 2 aromatic carbocycles. The Bertz CT molecular complexity index is 1050. The molecule has 0 unspecified atom stereocenters. The second-order valence-electron chi connectivity index (χ2n) is 7.86. The van der Waals surface area contributed by atoms with Crippen LogP contribution in [0.1, 0.15) is 82.5 Å². The lowest BCUT2D eigenvalue weighted by Crippen LogP contribution is -2.18. The summed E-state index contributed by atoms with van der Waals surface area (Å²) >= 11 is 0. The Morgan fingerprint density at radius 3 is 1.24 bits per heavy atom. The maximum Gasteiger partial charge on any atom is 0.337 e. The van der Waals surface area contributed by atoms with Crippen molar-refractivity contribution in [3.05, 3.63) is 69.8 Å². The highest BCUT2D eigenvalue weighted by atomic mass is 16.4. The predicted octanol–water partition coefficient (Wildman–Crippen LogP) is 4.85. The van der Waals surface area contributed by atoms with Crippen LogP contribution in [0.4, 0.5) is 0 Å². The molecule has 0 aliphatic rings. The van der Waals surface area contributed by atoms with Crippen LogP contribution in [0.3, 0.4) is 0 Å². The number of aryl methyl sites for hydroxylation is 2. The number of rotatable bonds is 12. The minimum Gasteiger partial charge on any atom is -0.478 e. The highest BCUT2D eigenvalue weighted by Gasteiger charge is 2.32. The van der Waals surface area contributed by atoms with Crippen LogP contribution in [0.2, 0.25) is 0 Å². The van der Waals surface area contributed by atoms with E-state index in [-0.39, 0.29) is 22.3 Å². The standard InChI is InChI=1S/C26H28O8/c1-3-5-9-15-11-7-13-17(23(27)28)19(15)21(25(31)32)22(26(33)34)20-16(10-6-4-2)12-8-14-18(20)24(29)30/h7-8,11-14H,3-6,9-10H2,1-2H3,(H,27,28)(H,29,30)(H,31,32)(H,33,34). The number of carboxylic acids is 4. The number of unbranched alkanes of at least 4 members (excludes halogenated alkanes) is 2. The van der Waals surface area contributed by atoms with E-state index in [2.05, 4.69) is 0 Å². The van der Waals surface area contributed by atoms with E-state index in [0.29, 0.717) is 36.8 Å². The molecular formula is C26H28O8. The van der Waals surface area contributed by atoms with Crippen molar-refractivity contribution in [3.8, 4) is 0 Å². The maximum atomic E-state index is 12.6. The summed E-state index contributed by atoms with van der Waals surface area (Å²) in [6.07, 6.45) is 3.41. The van der Waals surface area contributed by atoms with Gasteiger partial charge in [-0.15, -0.1) is 0 Å². The lowest BCUT2D eigenvalue weighted by Gasteiger charge is -2.19. The van der Waals surface area contributed by atoms with Gasteiger partial charge >= 0.3 is 23.9 Å². The second-order valence-corrected chi connectivity index (χ2v) is 7.86. The highest BCUT2D eigenvalue weighted by Crippen LogP contribution is 2.36. The predicted molar refractivity (Wildman–Crippen MR) is 126 cm³/mol. The molecule has 0 bridgehead atoms. The molecule has 0 amide bonds. The summed E-state index contributed by atoms with van der Waals surface area (Å²) in [5.41, 5.74) is -1.85. The first-order valence-corrected chi connectivity index (χ1v) is 11.1. The molecule has 2 rings (SSSR count). The fraction of sp³-hybridized carbons (Fsp3) is 0.308. The van der Waals surface area contributed by atoms with Crippen molar-refractivity contribution in [2.75, 3.05) is 0 Å². The van der Waals surface area contributed by atoms with Crippen LogP contribution in [0, 0.1) is 0 Å². The molecule has 8 heteroatoms. The van der Waals surface area contributed by atoms with E-state index in [1.807, 2.05) is 13.8 Å². The first-order chi connectivity index (χ1) is 16.1. The molecule has 0 heterocycles. The van der Waals surface area contributed by atoms with Gasteiger partial charge in [-0.25, -0.2) is 19.2 Å². The van der Waals surface area contributed by atoms with Crippen LogP contribution in [0.25, 0.3) is 11.1 Å². The summed E-state index contributed by atoms with van der Waals surface area (Å²) in [5, 5.41) is 40.0. The van der Waals surface area contributed by atoms with Gasteiger partial charge in [0.15, 0.2) is 0 Å². The van der Waals surface area contributed by atoms with Crippen molar-refractivity contribution >= 4 is 35.0 Å². The Morgan fingerprint density at radius 1 is 0.618 bits per heavy atom. The van der Waals surface area contributed by atoms with E-state index >= 15 is 0 Å². The van der Waals surface area contributed by atoms with Gasteiger partial charge in [0.05, 0.1) is 22.3 Å². The Labute approximate surface area is 197 Å². The van der Waals surface area contributed by atoms with Gasteiger partial charge in [-0.2, -0.15) is 0 Å². The highest BCUT2D eigenvalue weighted by molar-refractivity contribution is 6.38. The molecule has 0 atom stereocenters. The molecule has 0 radical (unpaired) electrons. The Kier molecular flexibility index (Phi) is 9.12. The van der Waals surface area contributed by atoms with Gasteiger partial charge in [0, 0.05) is 11.1 Å². The first-order valence-electron chi connectivity index (χ1n) is 11.1. The number of carbonyl (C=O) groups is 4. The summed E-state index contributed by atoms with van der Waals surface area (Å²) in [7, 11) is 0. The molecule has 180 valence electrons. The van der Waals surface area contributed by atoms with E-state index in [9.17, 15) is 39.6 Å². The zero-order valence-corrected chi connectivity index (χ0v) is 19.1. The number of carboxylic acid groups (broad SMARTS) is 4. The fourth-order valence-corrected chi connectivity index (χ4v) is 3.98. The molecule has 0 fully saturated rings. The normalized spacial score (nSPS) is 11.6. The van der Waals surface area contributed by atoms with Crippen molar-refractivity contribution < 1.29 is 39.6 Å². The third kappa shape index (κ3) is 5.70. The zero-order chi connectivity index (χ0) is 25.4.